The fourth-order valence-corrected chi connectivity index (χ4v) is 3.97. The Balaban J connectivity index is 1.61. The normalized spacial score (nSPS) is 15.4. The number of aliphatic imine (C=N–C) groups is 1. The van der Waals surface area contributed by atoms with Gasteiger partial charge in [0.1, 0.15) is 12.4 Å². The highest BCUT2D eigenvalue weighted by molar-refractivity contribution is 6.04. The smallest absolute Gasteiger partial charge is 0.338 e. The van der Waals surface area contributed by atoms with Gasteiger partial charge >= 0.3 is 5.97 Å². The van der Waals surface area contributed by atoms with Gasteiger partial charge < -0.3 is 14.6 Å². The minimum atomic E-state index is -0.267. The zero-order valence-electron chi connectivity index (χ0n) is 16.0. The molecule has 0 unspecified atom stereocenters. The molecule has 2 heterocycles. The van der Waals surface area contributed by atoms with E-state index in [9.17, 15) is 9.59 Å². The Bertz CT molecular complexity index is 945. The van der Waals surface area contributed by atoms with E-state index in [1.54, 1.807) is 12.7 Å². The number of benzene rings is 1. The second kappa shape index (κ2) is 7.96. The summed E-state index contributed by atoms with van der Waals surface area (Å²) >= 11 is 0. The Morgan fingerprint density at radius 3 is 3.00 bits per heavy atom. The molecule has 4 rings (SSSR count). The maximum atomic E-state index is 12.3. The Kier molecular flexibility index (Phi) is 5.23. The van der Waals surface area contributed by atoms with Crippen LogP contribution in [0.3, 0.4) is 0 Å². The number of anilines is 1. The van der Waals surface area contributed by atoms with E-state index in [1.165, 1.54) is 23.1 Å². The minimum absolute atomic E-state index is 0.0864. The number of imidazole rings is 1. The van der Waals surface area contributed by atoms with Crippen molar-refractivity contribution in [3.05, 3.63) is 46.4 Å². The molecule has 0 radical (unpaired) electrons. The second-order valence-corrected chi connectivity index (χ2v) is 7.12. The first kappa shape index (κ1) is 18.4. The van der Waals surface area contributed by atoms with Gasteiger partial charge in [-0.2, -0.15) is 0 Å². The van der Waals surface area contributed by atoms with Gasteiger partial charge in [-0.3, -0.25) is 9.79 Å². The first-order valence-corrected chi connectivity index (χ1v) is 9.82. The molecule has 0 fully saturated rings. The highest BCUT2D eigenvalue weighted by Gasteiger charge is 2.21. The lowest BCUT2D eigenvalue weighted by Crippen LogP contribution is -2.14. The molecule has 0 bridgehead atoms. The fraction of sp³-hybridized carbons (Fsp3) is 0.429. The number of nitrogens with one attached hydrogen (secondary N) is 1. The quantitative estimate of drug-likeness (QED) is 0.806. The van der Waals surface area contributed by atoms with E-state index in [1.807, 2.05) is 23.6 Å². The Hall–Kier alpha value is -2.96. The third kappa shape index (κ3) is 3.56. The van der Waals surface area contributed by atoms with Gasteiger partial charge in [0.15, 0.2) is 5.69 Å². The number of nitrogens with zero attached hydrogens (tertiary/aromatic N) is 3. The van der Waals surface area contributed by atoms with Crippen molar-refractivity contribution in [2.24, 2.45) is 4.99 Å². The minimum Gasteiger partial charge on any atom is -0.462 e. The van der Waals surface area contributed by atoms with Crippen LogP contribution in [0, 0.1) is 0 Å². The molecule has 2 aromatic rings. The number of aromatic nitrogens is 2. The molecule has 1 N–H and O–H groups in total. The summed E-state index contributed by atoms with van der Waals surface area (Å²) in [5.41, 5.74) is 4.85. The van der Waals surface area contributed by atoms with Crippen molar-refractivity contribution in [3.8, 4) is 0 Å². The lowest BCUT2D eigenvalue weighted by molar-refractivity contribution is 0.0526. The summed E-state index contributed by atoms with van der Waals surface area (Å²) in [6, 6.07) is 3.97. The molecular formula is C21H24N4O3. The number of fused-ring (bicyclic) bond motifs is 2. The van der Waals surface area contributed by atoms with Crippen molar-refractivity contribution >= 4 is 23.9 Å². The summed E-state index contributed by atoms with van der Waals surface area (Å²) in [4.78, 5) is 32.6. The molecule has 7 heteroatoms. The summed E-state index contributed by atoms with van der Waals surface area (Å²) in [6.07, 6.45) is 8.36. The molecule has 0 saturated heterocycles. The summed E-state index contributed by atoms with van der Waals surface area (Å²) in [5.74, 6) is 0.329. The molecule has 1 aliphatic heterocycles. The first-order chi connectivity index (χ1) is 13.7. The van der Waals surface area contributed by atoms with Crippen molar-refractivity contribution in [3.63, 3.8) is 0 Å². The zero-order chi connectivity index (χ0) is 19.5. The van der Waals surface area contributed by atoms with Crippen LogP contribution in [0.25, 0.3) is 0 Å². The van der Waals surface area contributed by atoms with Crippen LogP contribution in [-0.4, -0.2) is 40.8 Å². The average molecular weight is 380 g/mol. The van der Waals surface area contributed by atoms with Crippen LogP contribution in [-0.2, 0) is 30.5 Å². The number of carbonyl (C=O) groups excluding carboxylic acids is 2. The summed E-state index contributed by atoms with van der Waals surface area (Å²) < 4.78 is 7.15. The molecule has 0 atom stereocenters. The number of carbonyl (C=O) groups is 2. The molecule has 146 valence electrons. The number of rotatable bonds is 5. The number of aryl methyl sites for hydroxylation is 3. The molecular weight excluding hydrogens is 356 g/mol. The van der Waals surface area contributed by atoms with E-state index in [-0.39, 0.29) is 18.3 Å². The van der Waals surface area contributed by atoms with E-state index in [0.29, 0.717) is 30.2 Å². The number of Topliss-reactive ketones (excluding diaryl/α,β-unsaturated/α-hetero) is 1. The molecule has 1 aliphatic carbocycles. The zero-order valence-corrected chi connectivity index (χ0v) is 16.0. The lowest BCUT2D eigenvalue weighted by Gasteiger charge is -2.21. The number of ketones is 1. The molecule has 0 saturated carbocycles. The molecule has 28 heavy (non-hydrogen) atoms. The summed E-state index contributed by atoms with van der Waals surface area (Å²) in [7, 11) is 0. The SMILES string of the molecule is CCOC(=O)c1cc2c(c(CCn3cnc4c3NC=NCC4=O)c1)CCCC2. The van der Waals surface area contributed by atoms with Crippen molar-refractivity contribution in [2.75, 3.05) is 18.5 Å². The fourth-order valence-electron chi connectivity index (χ4n) is 3.97. The van der Waals surface area contributed by atoms with Gasteiger partial charge in [-0.1, -0.05) is 0 Å². The Labute approximate surface area is 163 Å². The molecule has 1 aromatic carbocycles. The van der Waals surface area contributed by atoms with E-state index >= 15 is 0 Å². The van der Waals surface area contributed by atoms with Crippen LogP contribution in [0.1, 0.15) is 57.3 Å². The maximum absolute atomic E-state index is 12.3. The van der Waals surface area contributed by atoms with Crippen LogP contribution in [0.5, 0.6) is 0 Å². The topological polar surface area (TPSA) is 85.6 Å². The average Bonchev–Trinajstić information content (AvgIpc) is 3.02. The first-order valence-electron chi connectivity index (χ1n) is 9.82. The number of ether oxygens (including phenoxy) is 1. The third-order valence-electron chi connectivity index (χ3n) is 5.32. The molecule has 0 spiro atoms. The van der Waals surface area contributed by atoms with Crippen molar-refractivity contribution in [1.29, 1.82) is 0 Å². The Morgan fingerprint density at radius 2 is 2.14 bits per heavy atom. The predicted molar refractivity (Wildman–Crippen MR) is 106 cm³/mol. The van der Waals surface area contributed by atoms with E-state index in [0.717, 1.165) is 25.7 Å². The maximum Gasteiger partial charge on any atom is 0.338 e. The van der Waals surface area contributed by atoms with E-state index < -0.39 is 0 Å². The molecule has 2 aliphatic rings. The van der Waals surface area contributed by atoms with Gasteiger partial charge in [-0.05, 0) is 67.9 Å². The van der Waals surface area contributed by atoms with E-state index in [2.05, 4.69) is 15.3 Å². The summed E-state index contributed by atoms with van der Waals surface area (Å²) in [6.45, 7) is 2.97. The second-order valence-electron chi connectivity index (χ2n) is 7.12. The predicted octanol–water partition coefficient (Wildman–Crippen LogP) is 2.82. The van der Waals surface area contributed by atoms with Gasteiger partial charge in [-0.25, -0.2) is 9.78 Å². The van der Waals surface area contributed by atoms with Crippen LogP contribution in [0.15, 0.2) is 23.5 Å². The standard InChI is InChI=1S/C21H24N4O3/c1-2-28-21(27)16-9-14-5-3-4-6-17(14)15(10-16)7-8-25-13-24-19-18(26)11-22-12-23-20(19)25/h9-10,12-13H,2-8,11H2,1H3,(H,22,23). The van der Waals surface area contributed by atoms with Crippen LogP contribution < -0.4 is 5.32 Å². The van der Waals surface area contributed by atoms with Crippen molar-refractivity contribution in [2.45, 2.75) is 45.6 Å². The molecule has 1 aromatic heterocycles. The number of hydrogen-bond donors (Lipinski definition) is 1. The van der Waals surface area contributed by atoms with Gasteiger partial charge in [-0.15, -0.1) is 0 Å². The highest BCUT2D eigenvalue weighted by atomic mass is 16.5. The monoisotopic (exact) mass is 380 g/mol. The third-order valence-corrected chi connectivity index (χ3v) is 5.32. The van der Waals surface area contributed by atoms with Gasteiger partial charge in [0.2, 0.25) is 5.78 Å². The summed E-state index contributed by atoms with van der Waals surface area (Å²) in [5, 5.41) is 3.06. The van der Waals surface area contributed by atoms with Crippen LogP contribution >= 0.6 is 0 Å². The molecule has 0 amide bonds. The van der Waals surface area contributed by atoms with Crippen LogP contribution in [0.4, 0.5) is 5.82 Å². The van der Waals surface area contributed by atoms with Crippen LogP contribution in [0.2, 0.25) is 0 Å². The van der Waals surface area contributed by atoms with Crippen molar-refractivity contribution < 1.29 is 14.3 Å². The van der Waals surface area contributed by atoms with Crippen molar-refractivity contribution in [1.82, 2.24) is 9.55 Å². The lowest BCUT2D eigenvalue weighted by atomic mass is 9.85. The highest BCUT2D eigenvalue weighted by Crippen LogP contribution is 2.28. The largest absolute Gasteiger partial charge is 0.462 e. The molecule has 7 nitrogen and oxygen atoms in total. The van der Waals surface area contributed by atoms with Gasteiger partial charge in [0.25, 0.3) is 0 Å². The van der Waals surface area contributed by atoms with E-state index in [4.69, 9.17) is 4.74 Å². The number of hydrogen-bond acceptors (Lipinski definition) is 6. The van der Waals surface area contributed by atoms with Gasteiger partial charge in [0, 0.05) is 6.54 Å². The Morgan fingerprint density at radius 1 is 1.29 bits per heavy atom. The van der Waals surface area contributed by atoms with Gasteiger partial charge in [0.05, 0.1) is 24.8 Å². The number of esters is 1.